The monoisotopic (exact) mass is 193 g/mol. The molecule has 0 saturated heterocycles. The van der Waals surface area contributed by atoms with Gasteiger partial charge in [-0.05, 0) is 24.2 Å². The molecular formula is C10H15N3O. The molecule has 76 valence electrons. The lowest BCUT2D eigenvalue weighted by Crippen LogP contribution is -2.19. The first-order valence-electron chi connectivity index (χ1n) is 4.58. The minimum absolute atomic E-state index is 0.538. The molecule has 0 heterocycles. The Morgan fingerprint density at radius 2 is 2.00 bits per heavy atom. The summed E-state index contributed by atoms with van der Waals surface area (Å²) in [5, 5.41) is 5.72. The van der Waals surface area contributed by atoms with Gasteiger partial charge in [-0.15, -0.1) is 0 Å². The maximum atomic E-state index is 10.5. The molecule has 0 aliphatic carbocycles. The van der Waals surface area contributed by atoms with E-state index in [4.69, 9.17) is 5.73 Å². The largest absolute Gasteiger partial charge is 0.351 e. The van der Waals surface area contributed by atoms with Crippen molar-refractivity contribution in [1.29, 1.82) is 0 Å². The molecule has 4 nitrogen and oxygen atoms in total. The van der Waals surface area contributed by atoms with Crippen molar-refractivity contribution in [3.05, 3.63) is 29.8 Å². The number of carbonyl (C=O) groups is 1. The van der Waals surface area contributed by atoms with Gasteiger partial charge in [-0.3, -0.25) is 0 Å². The SMILES string of the molecule is CCNCc1ccc(NC(N)=O)cc1. The fraction of sp³-hybridized carbons (Fsp3) is 0.300. The van der Waals surface area contributed by atoms with Crippen LogP contribution < -0.4 is 16.4 Å². The number of hydrogen-bond donors (Lipinski definition) is 3. The summed E-state index contributed by atoms with van der Waals surface area (Å²) in [6.07, 6.45) is 0. The van der Waals surface area contributed by atoms with Crippen LogP contribution in [-0.4, -0.2) is 12.6 Å². The van der Waals surface area contributed by atoms with Crippen LogP contribution in [-0.2, 0) is 6.54 Å². The topological polar surface area (TPSA) is 67.2 Å². The van der Waals surface area contributed by atoms with Gasteiger partial charge in [-0.25, -0.2) is 4.79 Å². The number of nitrogens with one attached hydrogen (secondary N) is 2. The molecule has 4 N–H and O–H groups in total. The minimum atomic E-state index is -0.538. The van der Waals surface area contributed by atoms with E-state index in [0.29, 0.717) is 0 Å². The van der Waals surface area contributed by atoms with E-state index in [1.807, 2.05) is 24.3 Å². The van der Waals surface area contributed by atoms with Crippen molar-refractivity contribution in [2.75, 3.05) is 11.9 Å². The number of amides is 2. The van der Waals surface area contributed by atoms with Crippen LogP contribution >= 0.6 is 0 Å². The highest BCUT2D eigenvalue weighted by atomic mass is 16.2. The number of hydrogen-bond acceptors (Lipinski definition) is 2. The molecule has 0 aromatic heterocycles. The summed E-state index contributed by atoms with van der Waals surface area (Å²) in [4.78, 5) is 10.5. The lowest BCUT2D eigenvalue weighted by molar-refractivity contribution is 0.259. The van der Waals surface area contributed by atoms with Crippen LogP contribution in [0.15, 0.2) is 24.3 Å². The molecule has 2 amide bonds. The van der Waals surface area contributed by atoms with Gasteiger partial charge in [0, 0.05) is 12.2 Å². The highest BCUT2D eigenvalue weighted by molar-refractivity contribution is 5.87. The van der Waals surface area contributed by atoms with Gasteiger partial charge < -0.3 is 16.4 Å². The first kappa shape index (κ1) is 10.5. The number of nitrogens with two attached hydrogens (primary N) is 1. The summed E-state index contributed by atoms with van der Waals surface area (Å²) in [5.74, 6) is 0. The lowest BCUT2D eigenvalue weighted by atomic mass is 10.2. The molecule has 1 rings (SSSR count). The number of primary amides is 1. The second-order valence-corrected chi connectivity index (χ2v) is 2.97. The van der Waals surface area contributed by atoms with Crippen LogP contribution in [0.3, 0.4) is 0 Å². The van der Waals surface area contributed by atoms with Crippen LogP contribution in [0.25, 0.3) is 0 Å². The van der Waals surface area contributed by atoms with Crippen molar-refractivity contribution < 1.29 is 4.79 Å². The highest BCUT2D eigenvalue weighted by Gasteiger charge is 1.95. The molecule has 0 spiro atoms. The van der Waals surface area contributed by atoms with Crippen molar-refractivity contribution in [2.45, 2.75) is 13.5 Å². The second kappa shape index (κ2) is 5.24. The molecule has 0 atom stereocenters. The molecule has 0 saturated carbocycles. The van der Waals surface area contributed by atoms with Gasteiger partial charge in [-0.2, -0.15) is 0 Å². The maximum absolute atomic E-state index is 10.5. The first-order chi connectivity index (χ1) is 6.72. The van der Waals surface area contributed by atoms with Gasteiger partial charge in [0.25, 0.3) is 0 Å². The standard InChI is InChI=1S/C10H15N3O/c1-2-12-7-8-3-5-9(6-4-8)13-10(11)14/h3-6,12H,2,7H2,1H3,(H3,11,13,14). The summed E-state index contributed by atoms with van der Waals surface area (Å²) >= 11 is 0. The molecule has 4 heteroatoms. The molecule has 0 radical (unpaired) electrons. The zero-order chi connectivity index (χ0) is 10.4. The quantitative estimate of drug-likeness (QED) is 0.674. The number of benzene rings is 1. The van der Waals surface area contributed by atoms with Crippen molar-refractivity contribution >= 4 is 11.7 Å². The molecule has 0 aliphatic heterocycles. The van der Waals surface area contributed by atoms with Gasteiger partial charge in [0.05, 0.1) is 0 Å². The number of anilines is 1. The van der Waals surface area contributed by atoms with E-state index < -0.39 is 6.03 Å². The zero-order valence-corrected chi connectivity index (χ0v) is 8.21. The Morgan fingerprint density at radius 1 is 1.36 bits per heavy atom. The van der Waals surface area contributed by atoms with Crippen molar-refractivity contribution in [3.8, 4) is 0 Å². The van der Waals surface area contributed by atoms with Crippen LogP contribution in [0.2, 0.25) is 0 Å². The predicted octanol–water partition coefficient (Wildman–Crippen LogP) is 1.29. The van der Waals surface area contributed by atoms with Crippen molar-refractivity contribution in [1.82, 2.24) is 5.32 Å². The summed E-state index contributed by atoms with van der Waals surface area (Å²) in [6, 6.07) is 7.03. The van der Waals surface area contributed by atoms with Crippen LogP contribution in [0.5, 0.6) is 0 Å². The van der Waals surface area contributed by atoms with E-state index in [0.717, 1.165) is 18.8 Å². The number of carbonyl (C=O) groups excluding carboxylic acids is 1. The molecular weight excluding hydrogens is 178 g/mol. The van der Waals surface area contributed by atoms with Crippen molar-refractivity contribution in [3.63, 3.8) is 0 Å². The van der Waals surface area contributed by atoms with Crippen LogP contribution in [0, 0.1) is 0 Å². The third-order valence-electron chi connectivity index (χ3n) is 1.80. The van der Waals surface area contributed by atoms with Gasteiger partial charge in [-0.1, -0.05) is 19.1 Å². The van der Waals surface area contributed by atoms with Crippen LogP contribution in [0.4, 0.5) is 10.5 Å². The molecule has 0 aliphatic rings. The van der Waals surface area contributed by atoms with Gasteiger partial charge >= 0.3 is 6.03 Å². The summed E-state index contributed by atoms with van der Waals surface area (Å²) in [5.41, 5.74) is 6.88. The lowest BCUT2D eigenvalue weighted by Gasteiger charge is -2.04. The average molecular weight is 193 g/mol. The van der Waals surface area contributed by atoms with E-state index in [1.165, 1.54) is 5.56 Å². The first-order valence-corrected chi connectivity index (χ1v) is 4.58. The zero-order valence-electron chi connectivity index (χ0n) is 8.21. The van der Waals surface area contributed by atoms with Crippen LogP contribution in [0.1, 0.15) is 12.5 Å². The molecule has 14 heavy (non-hydrogen) atoms. The molecule has 0 bridgehead atoms. The Hall–Kier alpha value is -1.55. The molecule has 0 unspecified atom stereocenters. The second-order valence-electron chi connectivity index (χ2n) is 2.97. The minimum Gasteiger partial charge on any atom is -0.351 e. The highest BCUT2D eigenvalue weighted by Crippen LogP contribution is 2.08. The van der Waals surface area contributed by atoms with Crippen molar-refractivity contribution in [2.24, 2.45) is 5.73 Å². The molecule has 1 aromatic rings. The van der Waals surface area contributed by atoms with E-state index in [9.17, 15) is 4.79 Å². The smallest absolute Gasteiger partial charge is 0.316 e. The molecule has 0 fully saturated rings. The Balaban J connectivity index is 2.54. The summed E-state index contributed by atoms with van der Waals surface area (Å²) in [6.45, 7) is 3.84. The predicted molar refractivity (Wildman–Crippen MR) is 57.0 cm³/mol. The average Bonchev–Trinajstić information content (AvgIpc) is 2.16. The number of rotatable bonds is 4. The van der Waals surface area contributed by atoms with E-state index in [-0.39, 0.29) is 0 Å². The van der Waals surface area contributed by atoms with Gasteiger partial charge in [0.2, 0.25) is 0 Å². The Morgan fingerprint density at radius 3 is 2.50 bits per heavy atom. The van der Waals surface area contributed by atoms with E-state index in [2.05, 4.69) is 17.6 Å². The Kier molecular flexibility index (Phi) is 3.94. The van der Waals surface area contributed by atoms with Gasteiger partial charge in [0.1, 0.15) is 0 Å². The summed E-state index contributed by atoms with van der Waals surface area (Å²) in [7, 11) is 0. The fourth-order valence-corrected chi connectivity index (χ4v) is 1.12. The number of urea groups is 1. The summed E-state index contributed by atoms with van der Waals surface area (Å²) < 4.78 is 0. The maximum Gasteiger partial charge on any atom is 0.316 e. The third-order valence-corrected chi connectivity index (χ3v) is 1.80. The third kappa shape index (κ3) is 3.45. The van der Waals surface area contributed by atoms with E-state index >= 15 is 0 Å². The Labute approximate surface area is 83.5 Å². The van der Waals surface area contributed by atoms with Gasteiger partial charge in [0.15, 0.2) is 0 Å². The Bertz CT molecular complexity index is 295. The van der Waals surface area contributed by atoms with E-state index in [1.54, 1.807) is 0 Å². The normalized spacial score (nSPS) is 9.79. The fourth-order valence-electron chi connectivity index (χ4n) is 1.12. The molecule has 1 aromatic carbocycles.